The van der Waals surface area contributed by atoms with Crippen molar-refractivity contribution in [3.05, 3.63) is 29.8 Å². The second-order valence-electron chi connectivity index (χ2n) is 6.89. The monoisotopic (exact) mass is 291 g/mol. The summed E-state index contributed by atoms with van der Waals surface area (Å²) in [5.41, 5.74) is 1.06. The van der Waals surface area contributed by atoms with Crippen LogP contribution in [0.2, 0.25) is 0 Å². The lowest BCUT2D eigenvalue weighted by Gasteiger charge is -2.48. The Balaban J connectivity index is 2.35. The maximum Gasteiger partial charge on any atom is 0.197 e. The molecule has 0 heterocycles. The molecule has 1 aromatic rings. The summed E-state index contributed by atoms with van der Waals surface area (Å²) >= 11 is 0. The number of hydrogen-bond acceptors (Lipinski definition) is 3. The van der Waals surface area contributed by atoms with E-state index >= 15 is 0 Å². The zero-order valence-corrected chi connectivity index (χ0v) is 13.3. The van der Waals surface area contributed by atoms with Crippen molar-refractivity contribution in [3.63, 3.8) is 0 Å². The van der Waals surface area contributed by atoms with Gasteiger partial charge >= 0.3 is 0 Å². The van der Waals surface area contributed by atoms with E-state index in [2.05, 4.69) is 26.8 Å². The van der Waals surface area contributed by atoms with Gasteiger partial charge in [-0.2, -0.15) is 5.26 Å². The van der Waals surface area contributed by atoms with Gasteiger partial charge in [-0.05, 0) is 43.2 Å². The molecule has 1 aliphatic carbocycles. The summed E-state index contributed by atoms with van der Waals surface area (Å²) in [6.45, 7) is 8.20. The zero-order chi connectivity index (χ0) is 15.2. The van der Waals surface area contributed by atoms with Crippen molar-refractivity contribution < 1.29 is 8.42 Å². The van der Waals surface area contributed by atoms with Gasteiger partial charge in [-0.1, -0.05) is 38.5 Å². The summed E-state index contributed by atoms with van der Waals surface area (Å²) in [6, 6.07) is 8.84. The van der Waals surface area contributed by atoms with Gasteiger partial charge in [0, 0.05) is 0 Å². The number of rotatable bonds is 2. The molecule has 1 aliphatic rings. The predicted octanol–water partition coefficient (Wildman–Crippen LogP) is 3.49. The van der Waals surface area contributed by atoms with Crippen LogP contribution >= 0.6 is 0 Å². The van der Waals surface area contributed by atoms with E-state index in [1.54, 1.807) is 24.3 Å². The standard InChI is InChI=1S/C16H21NO2S/c1-12-5-7-14(8-6-12)20(18,19)16(11-17)9-13(10-16)15(2,3)4/h5-8,13H,9-10H2,1-4H3. The normalized spacial score (nSPS) is 26.6. The van der Waals surface area contributed by atoms with Gasteiger partial charge in [0.1, 0.15) is 0 Å². The summed E-state index contributed by atoms with van der Waals surface area (Å²) < 4.78 is 24.2. The number of nitriles is 1. The third-order valence-corrected chi connectivity index (χ3v) is 6.77. The molecule has 108 valence electrons. The van der Waals surface area contributed by atoms with E-state index in [0.717, 1.165) is 5.56 Å². The largest absolute Gasteiger partial charge is 0.222 e. The smallest absolute Gasteiger partial charge is 0.197 e. The minimum atomic E-state index is -3.59. The minimum Gasteiger partial charge on any atom is -0.222 e. The average Bonchev–Trinajstić information content (AvgIpc) is 2.26. The molecule has 0 aliphatic heterocycles. The lowest BCUT2D eigenvalue weighted by molar-refractivity contribution is 0.117. The molecule has 1 fully saturated rings. The Bertz CT molecular complexity index is 639. The SMILES string of the molecule is Cc1ccc(S(=O)(=O)C2(C#N)CC(C(C)(C)C)C2)cc1. The van der Waals surface area contributed by atoms with E-state index in [1.165, 1.54) is 0 Å². The van der Waals surface area contributed by atoms with Gasteiger partial charge in [-0.3, -0.25) is 0 Å². The molecular formula is C16H21NO2S. The molecule has 20 heavy (non-hydrogen) atoms. The first kappa shape index (κ1) is 15.1. The van der Waals surface area contributed by atoms with Crippen molar-refractivity contribution >= 4 is 9.84 Å². The predicted molar refractivity (Wildman–Crippen MR) is 78.9 cm³/mol. The van der Waals surface area contributed by atoms with Crippen LogP contribution < -0.4 is 0 Å². The lowest BCUT2D eigenvalue weighted by atomic mass is 9.63. The van der Waals surface area contributed by atoms with Crippen LogP contribution in [0.4, 0.5) is 0 Å². The Hall–Kier alpha value is -1.34. The number of hydrogen-bond donors (Lipinski definition) is 0. The molecule has 1 saturated carbocycles. The van der Waals surface area contributed by atoms with Crippen molar-refractivity contribution in [2.24, 2.45) is 11.3 Å². The maximum atomic E-state index is 12.7. The summed E-state index contributed by atoms with van der Waals surface area (Å²) in [5.74, 6) is 0.280. The fourth-order valence-corrected chi connectivity index (χ4v) is 4.57. The fraction of sp³-hybridized carbons (Fsp3) is 0.562. The third kappa shape index (κ3) is 2.25. The summed E-state index contributed by atoms with van der Waals surface area (Å²) in [6.07, 6.45) is 0.867. The highest BCUT2D eigenvalue weighted by Gasteiger charge is 2.57. The van der Waals surface area contributed by atoms with E-state index in [4.69, 9.17) is 0 Å². The molecule has 0 unspecified atom stereocenters. The second-order valence-corrected chi connectivity index (χ2v) is 9.15. The van der Waals surface area contributed by atoms with E-state index < -0.39 is 14.6 Å². The van der Waals surface area contributed by atoms with Crippen molar-refractivity contribution in [1.29, 1.82) is 5.26 Å². The van der Waals surface area contributed by atoms with Gasteiger partial charge in [-0.25, -0.2) is 8.42 Å². The zero-order valence-electron chi connectivity index (χ0n) is 12.5. The number of aryl methyl sites for hydroxylation is 1. The summed E-state index contributed by atoms with van der Waals surface area (Å²) in [7, 11) is -3.59. The van der Waals surface area contributed by atoms with Crippen LogP contribution in [0.15, 0.2) is 29.2 Å². The van der Waals surface area contributed by atoms with Gasteiger partial charge in [0.05, 0.1) is 11.0 Å². The molecule has 0 spiro atoms. The van der Waals surface area contributed by atoms with Crippen LogP contribution in [0, 0.1) is 29.6 Å². The van der Waals surface area contributed by atoms with Crippen LogP contribution in [-0.4, -0.2) is 13.2 Å². The van der Waals surface area contributed by atoms with Crippen LogP contribution in [0.25, 0.3) is 0 Å². The van der Waals surface area contributed by atoms with Crippen LogP contribution in [0.5, 0.6) is 0 Å². The first-order valence-corrected chi connectivity index (χ1v) is 8.33. The number of benzene rings is 1. The molecule has 0 amide bonds. The fourth-order valence-electron chi connectivity index (χ4n) is 2.66. The Morgan fingerprint density at radius 1 is 1.20 bits per heavy atom. The molecular weight excluding hydrogens is 270 g/mol. The van der Waals surface area contributed by atoms with Crippen molar-refractivity contribution in [3.8, 4) is 6.07 Å². The van der Waals surface area contributed by atoms with Crippen LogP contribution in [0.1, 0.15) is 39.2 Å². The maximum absolute atomic E-state index is 12.7. The van der Waals surface area contributed by atoms with Crippen molar-refractivity contribution in [1.82, 2.24) is 0 Å². The minimum absolute atomic E-state index is 0.0448. The molecule has 0 N–H and O–H groups in total. The van der Waals surface area contributed by atoms with E-state index in [0.29, 0.717) is 12.8 Å². The molecule has 0 aromatic heterocycles. The van der Waals surface area contributed by atoms with Crippen LogP contribution in [0.3, 0.4) is 0 Å². The Morgan fingerprint density at radius 2 is 1.70 bits per heavy atom. The molecule has 1 aromatic carbocycles. The molecule has 4 heteroatoms. The first-order chi connectivity index (χ1) is 9.12. The van der Waals surface area contributed by atoms with Gasteiger partial charge in [-0.15, -0.1) is 0 Å². The highest BCUT2D eigenvalue weighted by atomic mass is 32.2. The van der Waals surface area contributed by atoms with E-state index in [-0.39, 0.29) is 16.2 Å². The lowest BCUT2D eigenvalue weighted by Crippen LogP contribution is -2.52. The quantitative estimate of drug-likeness (QED) is 0.838. The van der Waals surface area contributed by atoms with Crippen molar-refractivity contribution in [2.45, 2.75) is 50.2 Å². The topological polar surface area (TPSA) is 57.9 Å². The number of sulfone groups is 1. The molecule has 0 bridgehead atoms. The first-order valence-electron chi connectivity index (χ1n) is 6.85. The highest BCUT2D eigenvalue weighted by Crippen LogP contribution is 2.52. The Kier molecular flexibility index (Phi) is 3.46. The van der Waals surface area contributed by atoms with Gasteiger partial charge in [0.2, 0.25) is 0 Å². The van der Waals surface area contributed by atoms with Crippen molar-refractivity contribution in [2.75, 3.05) is 0 Å². The van der Waals surface area contributed by atoms with E-state index in [9.17, 15) is 13.7 Å². The van der Waals surface area contributed by atoms with Gasteiger partial charge in [0.25, 0.3) is 0 Å². The summed E-state index contributed by atoms with van der Waals surface area (Å²) in [5, 5.41) is 9.44. The molecule has 2 rings (SSSR count). The van der Waals surface area contributed by atoms with E-state index in [1.807, 2.05) is 6.92 Å². The Labute approximate surface area is 121 Å². The van der Waals surface area contributed by atoms with Gasteiger partial charge < -0.3 is 0 Å². The Morgan fingerprint density at radius 3 is 2.10 bits per heavy atom. The average molecular weight is 291 g/mol. The molecule has 0 radical (unpaired) electrons. The molecule has 3 nitrogen and oxygen atoms in total. The number of nitrogens with zero attached hydrogens (tertiary/aromatic N) is 1. The van der Waals surface area contributed by atoms with Crippen LogP contribution in [-0.2, 0) is 9.84 Å². The third-order valence-electron chi connectivity index (χ3n) is 4.43. The second kappa shape index (κ2) is 4.60. The summed E-state index contributed by atoms with van der Waals surface area (Å²) in [4.78, 5) is 0.261. The highest BCUT2D eigenvalue weighted by molar-refractivity contribution is 7.93. The van der Waals surface area contributed by atoms with Gasteiger partial charge in [0.15, 0.2) is 14.6 Å². The molecule has 0 atom stereocenters. The molecule has 0 saturated heterocycles.